The first-order valence-corrected chi connectivity index (χ1v) is 5.69. The van der Waals surface area contributed by atoms with Gasteiger partial charge in [-0.1, -0.05) is 47.5 Å². The largest absolute Gasteiger partial charge is 0.366 e. The molecule has 2 N–H and O–H groups in total. The quantitative estimate of drug-likeness (QED) is 0.883. The van der Waals surface area contributed by atoms with Crippen LogP contribution in [0.2, 0.25) is 10.0 Å². The van der Waals surface area contributed by atoms with Crippen LogP contribution in [-0.4, -0.2) is 5.91 Å². The second kappa shape index (κ2) is 4.78. The molecule has 4 heteroatoms. The summed E-state index contributed by atoms with van der Waals surface area (Å²) in [7, 11) is 0. The third kappa shape index (κ3) is 2.43. The highest BCUT2D eigenvalue weighted by Crippen LogP contribution is 2.32. The van der Waals surface area contributed by atoms with Crippen molar-refractivity contribution in [3.8, 4) is 11.1 Å². The van der Waals surface area contributed by atoms with E-state index < -0.39 is 5.91 Å². The first kappa shape index (κ1) is 12.0. The maximum absolute atomic E-state index is 11.3. The number of hydrogen-bond donors (Lipinski definition) is 1. The first-order chi connectivity index (χ1) is 8.09. The lowest BCUT2D eigenvalue weighted by molar-refractivity contribution is 0.100. The van der Waals surface area contributed by atoms with Crippen molar-refractivity contribution in [3.63, 3.8) is 0 Å². The van der Waals surface area contributed by atoms with E-state index in [0.717, 1.165) is 5.56 Å². The van der Waals surface area contributed by atoms with E-state index in [1.54, 1.807) is 36.4 Å². The highest BCUT2D eigenvalue weighted by molar-refractivity contribution is 6.36. The number of nitrogens with two attached hydrogens (primary N) is 1. The lowest BCUT2D eigenvalue weighted by atomic mass is 9.99. The van der Waals surface area contributed by atoms with Crippen LogP contribution in [0, 0.1) is 0 Å². The molecule has 0 aliphatic carbocycles. The normalized spacial score (nSPS) is 10.2. The van der Waals surface area contributed by atoms with Crippen molar-refractivity contribution in [2.45, 2.75) is 0 Å². The standard InChI is InChI=1S/C13H9Cl2NO/c14-8-5-6-10(12(15)7-8)9-3-1-2-4-11(9)13(16)17/h1-7H,(H2,16,17). The maximum atomic E-state index is 11.3. The molecule has 0 unspecified atom stereocenters. The number of hydrogen-bond acceptors (Lipinski definition) is 1. The Balaban J connectivity index is 2.64. The molecule has 2 aromatic rings. The van der Waals surface area contributed by atoms with Crippen molar-refractivity contribution in [2.75, 3.05) is 0 Å². The number of carbonyl (C=O) groups is 1. The fourth-order valence-corrected chi connectivity index (χ4v) is 2.15. The molecule has 0 atom stereocenters. The predicted octanol–water partition coefficient (Wildman–Crippen LogP) is 3.76. The van der Waals surface area contributed by atoms with Crippen LogP contribution in [0.25, 0.3) is 11.1 Å². The molecular weight excluding hydrogens is 257 g/mol. The molecular formula is C13H9Cl2NO. The molecule has 0 spiro atoms. The van der Waals surface area contributed by atoms with E-state index in [-0.39, 0.29) is 0 Å². The highest BCUT2D eigenvalue weighted by atomic mass is 35.5. The predicted molar refractivity (Wildman–Crippen MR) is 70.4 cm³/mol. The van der Waals surface area contributed by atoms with Gasteiger partial charge in [0.1, 0.15) is 0 Å². The molecule has 2 aromatic carbocycles. The first-order valence-electron chi connectivity index (χ1n) is 4.94. The zero-order chi connectivity index (χ0) is 12.4. The van der Waals surface area contributed by atoms with Gasteiger partial charge in [0.25, 0.3) is 0 Å². The van der Waals surface area contributed by atoms with Gasteiger partial charge in [-0.25, -0.2) is 0 Å². The van der Waals surface area contributed by atoms with E-state index in [9.17, 15) is 4.79 Å². The molecule has 0 fully saturated rings. The van der Waals surface area contributed by atoms with E-state index >= 15 is 0 Å². The maximum Gasteiger partial charge on any atom is 0.249 e. The van der Waals surface area contributed by atoms with Gasteiger partial charge in [0.05, 0.1) is 0 Å². The SMILES string of the molecule is NC(=O)c1ccccc1-c1ccc(Cl)cc1Cl. The smallest absolute Gasteiger partial charge is 0.249 e. The molecule has 2 nitrogen and oxygen atoms in total. The van der Waals surface area contributed by atoms with Crippen LogP contribution < -0.4 is 5.73 Å². The topological polar surface area (TPSA) is 43.1 Å². The summed E-state index contributed by atoms with van der Waals surface area (Å²) in [4.78, 5) is 11.3. The minimum Gasteiger partial charge on any atom is -0.366 e. The average Bonchev–Trinajstić information content (AvgIpc) is 2.29. The zero-order valence-corrected chi connectivity index (χ0v) is 10.3. The monoisotopic (exact) mass is 265 g/mol. The van der Waals surface area contributed by atoms with Gasteiger partial charge in [0.2, 0.25) is 5.91 Å². The highest BCUT2D eigenvalue weighted by Gasteiger charge is 2.11. The average molecular weight is 266 g/mol. The van der Waals surface area contributed by atoms with Crippen LogP contribution in [0.1, 0.15) is 10.4 Å². The molecule has 86 valence electrons. The third-order valence-electron chi connectivity index (χ3n) is 2.41. The Bertz CT molecular complexity index is 581. The van der Waals surface area contributed by atoms with Gasteiger partial charge in [0.15, 0.2) is 0 Å². The Morgan fingerprint density at radius 3 is 2.35 bits per heavy atom. The molecule has 0 radical (unpaired) electrons. The molecule has 0 bridgehead atoms. The lowest BCUT2D eigenvalue weighted by Crippen LogP contribution is -2.12. The van der Waals surface area contributed by atoms with Crippen LogP contribution in [0.5, 0.6) is 0 Å². The van der Waals surface area contributed by atoms with E-state index in [1.165, 1.54) is 0 Å². The second-order valence-corrected chi connectivity index (χ2v) is 4.38. The summed E-state index contributed by atoms with van der Waals surface area (Å²) in [6, 6.07) is 12.2. The summed E-state index contributed by atoms with van der Waals surface area (Å²) in [5, 5.41) is 1.04. The second-order valence-electron chi connectivity index (χ2n) is 3.53. The lowest BCUT2D eigenvalue weighted by Gasteiger charge is -2.08. The molecule has 0 saturated carbocycles. The molecule has 0 aliphatic rings. The molecule has 0 aliphatic heterocycles. The van der Waals surface area contributed by atoms with Gasteiger partial charge in [-0.05, 0) is 23.8 Å². The Labute approximate surface area is 109 Å². The molecule has 17 heavy (non-hydrogen) atoms. The Hall–Kier alpha value is -1.51. The Morgan fingerprint density at radius 2 is 1.71 bits per heavy atom. The van der Waals surface area contributed by atoms with Crippen LogP contribution >= 0.6 is 23.2 Å². The summed E-state index contributed by atoms with van der Waals surface area (Å²) in [5.74, 6) is -0.480. The van der Waals surface area contributed by atoms with Gasteiger partial charge in [0, 0.05) is 21.2 Å². The van der Waals surface area contributed by atoms with E-state index in [1.807, 2.05) is 6.07 Å². The van der Waals surface area contributed by atoms with Crippen molar-refractivity contribution >= 4 is 29.1 Å². The summed E-state index contributed by atoms with van der Waals surface area (Å²) < 4.78 is 0. The fraction of sp³-hybridized carbons (Fsp3) is 0. The molecule has 0 heterocycles. The minimum atomic E-state index is -0.480. The van der Waals surface area contributed by atoms with Gasteiger partial charge in [-0.15, -0.1) is 0 Å². The van der Waals surface area contributed by atoms with Crippen molar-refractivity contribution in [3.05, 3.63) is 58.1 Å². The number of halogens is 2. The van der Waals surface area contributed by atoms with Crippen LogP contribution in [-0.2, 0) is 0 Å². The summed E-state index contributed by atoms with van der Waals surface area (Å²) in [6.07, 6.45) is 0. The van der Waals surface area contributed by atoms with Crippen molar-refractivity contribution in [1.29, 1.82) is 0 Å². The number of carbonyl (C=O) groups excluding carboxylic acids is 1. The number of benzene rings is 2. The zero-order valence-electron chi connectivity index (χ0n) is 8.78. The van der Waals surface area contributed by atoms with Crippen molar-refractivity contribution < 1.29 is 4.79 Å². The Morgan fingerprint density at radius 1 is 1.00 bits per heavy atom. The number of primary amides is 1. The van der Waals surface area contributed by atoms with Crippen LogP contribution in [0.15, 0.2) is 42.5 Å². The van der Waals surface area contributed by atoms with E-state index in [2.05, 4.69) is 0 Å². The van der Waals surface area contributed by atoms with Gasteiger partial charge in [-0.3, -0.25) is 4.79 Å². The minimum absolute atomic E-state index is 0.441. The van der Waals surface area contributed by atoms with Crippen molar-refractivity contribution in [2.24, 2.45) is 5.73 Å². The Kier molecular flexibility index (Phi) is 3.36. The third-order valence-corrected chi connectivity index (χ3v) is 2.96. The summed E-state index contributed by atoms with van der Waals surface area (Å²) in [6.45, 7) is 0. The fourth-order valence-electron chi connectivity index (χ4n) is 1.64. The van der Waals surface area contributed by atoms with Gasteiger partial charge in [-0.2, -0.15) is 0 Å². The van der Waals surface area contributed by atoms with E-state index in [0.29, 0.717) is 21.2 Å². The van der Waals surface area contributed by atoms with Gasteiger partial charge >= 0.3 is 0 Å². The van der Waals surface area contributed by atoms with E-state index in [4.69, 9.17) is 28.9 Å². The number of amides is 1. The summed E-state index contributed by atoms with van der Waals surface area (Å²) in [5.41, 5.74) is 7.22. The number of rotatable bonds is 2. The molecule has 0 saturated heterocycles. The van der Waals surface area contributed by atoms with Crippen LogP contribution in [0.4, 0.5) is 0 Å². The molecule has 2 rings (SSSR count). The summed E-state index contributed by atoms with van der Waals surface area (Å²) >= 11 is 11.9. The molecule has 0 aromatic heterocycles. The molecule has 1 amide bonds. The van der Waals surface area contributed by atoms with Crippen LogP contribution in [0.3, 0.4) is 0 Å². The van der Waals surface area contributed by atoms with Crippen molar-refractivity contribution in [1.82, 2.24) is 0 Å². The van der Waals surface area contributed by atoms with Gasteiger partial charge < -0.3 is 5.73 Å².